The van der Waals surface area contributed by atoms with Crippen LogP contribution in [0.3, 0.4) is 0 Å². The quantitative estimate of drug-likeness (QED) is 0.450. The fourth-order valence-corrected chi connectivity index (χ4v) is 3.51. The second kappa shape index (κ2) is 7.75. The van der Waals surface area contributed by atoms with Crippen LogP contribution in [0.25, 0.3) is 0 Å². The Balaban J connectivity index is 1.74. The SMILES string of the molecule is COC(=O)CCC(=O)NC1=CC=CC2C(=O)N(C3CCC(=O)NC3=O)C(=O)C12. The first kappa shape index (κ1) is 19.5. The molecule has 0 aromatic heterocycles. The van der Waals surface area contributed by atoms with Gasteiger partial charge in [-0.15, -0.1) is 0 Å². The van der Waals surface area contributed by atoms with Gasteiger partial charge in [0.1, 0.15) is 6.04 Å². The molecule has 0 spiro atoms. The summed E-state index contributed by atoms with van der Waals surface area (Å²) in [6.45, 7) is 0. The summed E-state index contributed by atoms with van der Waals surface area (Å²) in [4.78, 5) is 73.2. The lowest BCUT2D eigenvalue weighted by Gasteiger charge is -2.28. The van der Waals surface area contributed by atoms with Gasteiger partial charge in [-0.1, -0.05) is 12.2 Å². The van der Waals surface area contributed by atoms with Crippen molar-refractivity contribution >= 4 is 35.5 Å². The van der Waals surface area contributed by atoms with Crippen LogP contribution in [0.15, 0.2) is 23.9 Å². The molecule has 2 fully saturated rings. The van der Waals surface area contributed by atoms with Gasteiger partial charge in [0.25, 0.3) is 0 Å². The molecule has 3 atom stereocenters. The Morgan fingerprint density at radius 2 is 1.96 bits per heavy atom. The minimum atomic E-state index is -1.05. The molecule has 28 heavy (non-hydrogen) atoms. The Morgan fingerprint density at radius 1 is 1.21 bits per heavy atom. The Bertz CT molecular complexity index is 829. The third-order valence-corrected chi connectivity index (χ3v) is 4.90. The Morgan fingerprint density at radius 3 is 2.64 bits per heavy atom. The van der Waals surface area contributed by atoms with Gasteiger partial charge in [0.05, 0.1) is 25.4 Å². The number of esters is 1. The molecule has 3 unspecified atom stereocenters. The third kappa shape index (κ3) is 3.57. The zero-order valence-electron chi connectivity index (χ0n) is 15.1. The molecule has 2 saturated heterocycles. The molecule has 0 aromatic carbocycles. The number of allylic oxidation sites excluding steroid dienone is 2. The van der Waals surface area contributed by atoms with Gasteiger partial charge in [0.2, 0.25) is 29.5 Å². The predicted octanol–water partition coefficient (Wildman–Crippen LogP) is -1.08. The summed E-state index contributed by atoms with van der Waals surface area (Å²) in [5, 5.41) is 4.71. The van der Waals surface area contributed by atoms with Gasteiger partial charge < -0.3 is 10.1 Å². The van der Waals surface area contributed by atoms with E-state index in [1.807, 2.05) is 0 Å². The van der Waals surface area contributed by atoms with Gasteiger partial charge in [-0.05, 0) is 12.5 Å². The number of imide groups is 2. The van der Waals surface area contributed by atoms with Crippen molar-refractivity contribution < 1.29 is 33.5 Å². The van der Waals surface area contributed by atoms with Gasteiger partial charge in [0.15, 0.2) is 0 Å². The smallest absolute Gasteiger partial charge is 0.306 e. The number of likely N-dealkylation sites (tertiary alicyclic amines) is 1. The largest absolute Gasteiger partial charge is 0.469 e. The summed E-state index contributed by atoms with van der Waals surface area (Å²) < 4.78 is 4.48. The van der Waals surface area contributed by atoms with Crippen molar-refractivity contribution in [3.63, 3.8) is 0 Å². The maximum absolute atomic E-state index is 12.9. The van der Waals surface area contributed by atoms with E-state index in [1.165, 1.54) is 13.2 Å². The number of nitrogens with zero attached hydrogens (tertiary/aromatic N) is 1. The average Bonchev–Trinajstić information content (AvgIpc) is 2.92. The lowest BCUT2D eigenvalue weighted by Crippen LogP contribution is -2.54. The number of carbonyl (C=O) groups is 6. The summed E-state index contributed by atoms with van der Waals surface area (Å²) in [5.41, 5.74) is 0.232. The summed E-state index contributed by atoms with van der Waals surface area (Å²) >= 11 is 0. The van der Waals surface area contributed by atoms with Crippen molar-refractivity contribution in [2.75, 3.05) is 7.11 Å². The lowest BCUT2D eigenvalue weighted by molar-refractivity contribution is -0.151. The number of amides is 5. The third-order valence-electron chi connectivity index (χ3n) is 4.90. The first-order chi connectivity index (χ1) is 13.3. The van der Waals surface area contributed by atoms with Crippen molar-refractivity contribution in [1.82, 2.24) is 15.5 Å². The molecule has 0 radical (unpaired) electrons. The Kier molecular flexibility index (Phi) is 5.39. The first-order valence-electron chi connectivity index (χ1n) is 8.79. The molecular formula is C18H19N3O7. The number of rotatable bonds is 5. The molecular weight excluding hydrogens is 370 g/mol. The van der Waals surface area contributed by atoms with Crippen molar-refractivity contribution in [2.45, 2.75) is 31.7 Å². The first-order valence-corrected chi connectivity index (χ1v) is 8.79. The molecule has 0 aromatic rings. The molecule has 0 saturated carbocycles. The van der Waals surface area contributed by atoms with E-state index in [1.54, 1.807) is 12.2 Å². The highest BCUT2D eigenvalue weighted by Crippen LogP contribution is 2.36. The van der Waals surface area contributed by atoms with Crippen LogP contribution in [0.4, 0.5) is 0 Å². The number of hydrogen-bond acceptors (Lipinski definition) is 7. The number of carbonyl (C=O) groups excluding carboxylic acids is 6. The van der Waals surface area contributed by atoms with Gasteiger partial charge >= 0.3 is 5.97 Å². The van der Waals surface area contributed by atoms with E-state index in [-0.39, 0.29) is 31.4 Å². The molecule has 3 aliphatic rings. The maximum Gasteiger partial charge on any atom is 0.306 e. The molecule has 10 nitrogen and oxygen atoms in total. The molecule has 3 rings (SSSR count). The van der Waals surface area contributed by atoms with Crippen LogP contribution in [-0.4, -0.2) is 53.6 Å². The zero-order valence-corrected chi connectivity index (χ0v) is 15.1. The van der Waals surface area contributed by atoms with Gasteiger partial charge in [-0.25, -0.2) is 0 Å². The summed E-state index contributed by atoms with van der Waals surface area (Å²) in [5.74, 6) is -5.11. The van der Waals surface area contributed by atoms with Crippen LogP contribution in [0, 0.1) is 11.8 Å². The van der Waals surface area contributed by atoms with Crippen LogP contribution in [0.5, 0.6) is 0 Å². The van der Waals surface area contributed by atoms with Crippen molar-refractivity contribution in [1.29, 1.82) is 0 Å². The van der Waals surface area contributed by atoms with E-state index in [0.29, 0.717) is 0 Å². The monoisotopic (exact) mass is 389 g/mol. The number of hydrogen-bond donors (Lipinski definition) is 2. The lowest BCUT2D eigenvalue weighted by atomic mass is 9.87. The second-order valence-electron chi connectivity index (χ2n) is 6.65. The van der Waals surface area contributed by atoms with E-state index in [9.17, 15) is 28.8 Å². The van der Waals surface area contributed by atoms with E-state index < -0.39 is 53.4 Å². The van der Waals surface area contributed by atoms with Gasteiger partial charge in [-0.2, -0.15) is 0 Å². The average molecular weight is 389 g/mol. The van der Waals surface area contributed by atoms with Crippen molar-refractivity contribution in [2.24, 2.45) is 11.8 Å². The van der Waals surface area contributed by atoms with Crippen molar-refractivity contribution in [3.8, 4) is 0 Å². The number of methoxy groups -OCH3 is 1. The van der Waals surface area contributed by atoms with Crippen LogP contribution < -0.4 is 10.6 Å². The van der Waals surface area contributed by atoms with Crippen molar-refractivity contribution in [3.05, 3.63) is 23.9 Å². The zero-order chi connectivity index (χ0) is 20.4. The minimum absolute atomic E-state index is 0.0333. The van der Waals surface area contributed by atoms with Crippen LogP contribution in [-0.2, 0) is 33.5 Å². The Labute approximate surface area is 159 Å². The van der Waals surface area contributed by atoms with E-state index >= 15 is 0 Å². The molecule has 2 aliphatic heterocycles. The molecule has 148 valence electrons. The number of ether oxygens (including phenoxy) is 1. The second-order valence-corrected chi connectivity index (χ2v) is 6.65. The molecule has 5 amide bonds. The van der Waals surface area contributed by atoms with E-state index in [2.05, 4.69) is 15.4 Å². The van der Waals surface area contributed by atoms with E-state index in [4.69, 9.17) is 0 Å². The number of nitrogens with one attached hydrogen (secondary N) is 2. The Hall–Kier alpha value is -3.30. The molecule has 1 aliphatic carbocycles. The van der Waals surface area contributed by atoms with Crippen LogP contribution >= 0.6 is 0 Å². The molecule has 2 heterocycles. The van der Waals surface area contributed by atoms with Gasteiger partial charge in [-0.3, -0.25) is 39.0 Å². The molecule has 10 heteroatoms. The summed E-state index contributed by atoms with van der Waals surface area (Å²) in [6, 6.07) is -1.05. The van der Waals surface area contributed by atoms with Crippen LogP contribution in [0.2, 0.25) is 0 Å². The highest BCUT2D eigenvalue weighted by atomic mass is 16.5. The standard InChI is InChI=1S/C18H19N3O7/c1-28-14(24)8-7-12(22)19-10-4-2-3-9-15(10)18(27)21(17(9)26)11-5-6-13(23)20-16(11)25/h2-4,9,11,15H,5-8H2,1H3,(H,19,22)(H,20,23,25). The maximum atomic E-state index is 12.9. The predicted molar refractivity (Wildman–Crippen MR) is 91.6 cm³/mol. The highest BCUT2D eigenvalue weighted by molar-refractivity contribution is 6.12. The number of fused-ring (bicyclic) bond motifs is 1. The van der Waals surface area contributed by atoms with E-state index in [0.717, 1.165) is 4.90 Å². The minimum Gasteiger partial charge on any atom is -0.469 e. The fraction of sp³-hybridized carbons (Fsp3) is 0.444. The van der Waals surface area contributed by atoms with Gasteiger partial charge in [0, 0.05) is 18.5 Å². The molecule has 2 N–H and O–H groups in total. The summed E-state index contributed by atoms with van der Waals surface area (Å²) in [6.07, 6.45) is 4.45. The molecule has 0 bridgehead atoms. The fourth-order valence-electron chi connectivity index (χ4n) is 3.51. The normalized spacial score (nSPS) is 26.5. The summed E-state index contributed by atoms with van der Waals surface area (Å²) in [7, 11) is 1.21. The number of piperidine rings is 1. The highest BCUT2D eigenvalue weighted by Gasteiger charge is 2.53. The van der Waals surface area contributed by atoms with Crippen LogP contribution in [0.1, 0.15) is 25.7 Å². The topological polar surface area (TPSA) is 139 Å².